The summed E-state index contributed by atoms with van der Waals surface area (Å²) in [5, 5.41) is 6.03. The first-order valence-electron chi connectivity index (χ1n) is 10.9. The minimum atomic E-state index is -0.266. The van der Waals surface area contributed by atoms with Crippen LogP contribution in [0.2, 0.25) is 5.02 Å². The first kappa shape index (κ1) is 20.6. The molecule has 170 valence electrons. The molecule has 0 spiro atoms. The van der Waals surface area contributed by atoms with Crippen molar-refractivity contribution in [3.63, 3.8) is 0 Å². The maximum atomic E-state index is 6.57. The Hall–Kier alpha value is -3.95. The SMILES string of the molecule is CC1OCCN(c2ccccc2Cl)c2cc(nc(N)n2)-c2c[nH]c3ncc(cc23)-c2cnn1c2. The number of nitrogens with one attached hydrogen (secondary N) is 1. The molecule has 1 aromatic carbocycles. The Labute approximate surface area is 200 Å². The van der Waals surface area contributed by atoms with Gasteiger partial charge in [0, 0.05) is 53.3 Å². The number of nitrogen functional groups attached to an aromatic ring is 1. The molecular formula is C24H21ClN8O. The molecule has 6 bridgehead atoms. The average Bonchev–Trinajstić information content (AvgIpc) is 3.49. The van der Waals surface area contributed by atoms with Gasteiger partial charge in [0.15, 0.2) is 0 Å². The third-order valence-electron chi connectivity index (χ3n) is 5.94. The van der Waals surface area contributed by atoms with E-state index in [2.05, 4.69) is 31.1 Å². The van der Waals surface area contributed by atoms with E-state index in [4.69, 9.17) is 22.1 Å². The highest BCUT2D eigenvalue weighted by molar-refractivity contribution is 6.33. The summed E-state index contributed by atoms with van der Waals surface area (Å²) in [6.45, 7) is 2.86. The third kappa shape index (κ3) is 3.55. The monoisotopic (exact) mass is 472 g/mol. The zero-order valence-electron chi connectivity index (χ0n) is 18.3. The molecular weight excluding hydrogens is 452 g/mol. The van der Waals surface area contributed by atoms with Gasteiger partial charge in [-0.2, -0.15) is 10.1 Å². The van der Waals surface area contributed by atoms with Gasteiger partial charge in [-0.3, -0.25) is 0 Å². The number of aromatic nitrogens is 6. The number of halogens is 1. The number of ether oxygens (including phenoxy) is 1. The Bertz CT molecular complexity index is 1510. The van der Waals surface area contributed by atoms with Gasteiger partial charge >= 0.3 is 0 Å². The number of nitrogens with zero attached hydrogens (tertiary/aromatic N) is 6. The fourth-order valence-corrected chi connectivity index (χ4v) is 4.45. The molecule has 1 atom stereocenters. The van der Waals surface area contributed by atoms with E-state index in [-0.39, 0.29) is 12.2 Å². The number of benzene rings is 1. The Morgan fingerprint density at radius 1 is 1.15 bits per heavy atom. The van der Waals surface area contributed by atoms with Gasteiger partial charge < -0.3 is 20.4 Å². The van der Waals surface area contributed by atoms with Crippen molar-refractivity contribution in [3.05, 3.63) is 66.2 Å². The Morgan fingerprint density at radius 2 is 2.03 bits per heavy atom. The topological polar surface area (TPSA) is 111 Å². The van der Waals surface area contributed by atoms with E-state index in [1.165, 1.54) is 0 Å². The van der Waals surface area contributed by atoms with Crippen LogP contribution in [0.3, 0.4) is 0 Å². The fourth-order valence-electron chi connectivity index (χ4n) is 4.21. The van der Waals surface area contributed by atoms with Gasteiger partial charge in [0.25, 0.3) is 0 Å². The van der Waals surface area contributed by atoms with E-state index < -0.39 is 0 Å². The van der Waals surface area contributed by atoms with E-state index >= 15 is 0 Å². The summed E-state index contributed by atoms with van der Waals surface area (Å²) in [5.41, 5.74) is 11.2. The Morgan fingerprint density at radius 3 is 2.91 bits per heavy atom. The van der Waals surface area contributed by atoms with Crippen LogP contribution in [0.4, 0.5) is 17.5 Å². The first-order valence-corrected chi connectivity index (χ1v) is 11.2. The van der Waals surface area contributed by atoms with Crippen molar-refractivity contribution in [1.82, 2.24) is 29.7 Å². The molecule has 1 aliphatic rings. The van der Waals surface area contributed by atoms with E-state index in [0.717, 1.165) is 33.4 Å². The molecule has 6 rings (SSSR count). The summed E-state index contributed by atoms with van der Waals surface area (Å²) in [7, 11) is 0. The lowest BCUT2D eigenvalue weighted by molar-refractivity contribution is 0.0126. The minimum Gasteiger partial charge on any atom is -0.368 e. The van der Waals surface area contributed by atoms with E-state index in [1.807, 2.05) is 66.9 Å². The third-order valence-corrected chi connectivity index (χ3v) is 6.26. The molecule has 0 aliphatic carbocycles. The number of hydrogen-bond donors (Lipinski definition) is 2. The number of fused-ring (bicyclic) bond motifs is 7. The van der Waals surface area contributed by atoms with Gasteiger partial charge in [0.05, 0.1) is 29.2 Å². The van der Waals surface area contributed by atoms with Crippen LogP contribution >= 0.6 is 11.6 Å². The van der Waals surface area contributed by atoms with Crippen molar-refractivity contribution in [3.8, 4) is 22.4 Å². The zero-order valence-corrected chi connectivity index (χ0v) is 19.1. The lowest BCUT2D eigenvalue weighted by Crippen LogP contribution is -2.25. The summed E-state index contributed by atoms with van der Waals surface area (Å²) in [5.74, 6) is 0.794. The number of aromatic amines is 1. The van der Waals surface area contributed by atoms with Crippen molar-refractivity contribution < 1.29 is 4.74 Å². The van der Waals surface area contributed by atoms with Crippen LogP contribution in [0.25, 0.3) is 33.4 Å². The molecule has 1 aliphatic heterocycles. The van der Waals surface area contributed by atoms with Crippen molar-refractivity contribution in [2.24, 2.45) is 0 Å². The number of hydrogen-bond acceptors (Lipinski definition) is 7. The van der Waals surface area contributed by atoms with E-state index in [0.29, 0.717) is 29.7 Å². The highest BCUT2D eigenvalue weighted by Crippen LogP contribution is 2.35. The number of para-hydroxylation sites is 1. The van der Waals surface area contributed by atoms with Crippen LogP contribution in [0.5, 0.6) is 0 Å². The summed E-state index contributed by atoms with van der Waals surface area (Å²) >= 11 is 6.57. The zero-order chi connectivity index (χ0) is 23.2. The largest absolute Gasteiger partial charge is 0.368 e. The van der Waals surface area contributed by atoms with E-state index in [9.17, 15) is 0 Å². The van der Waals surface area contributed by atoms with Gasteiger partial charge in [-0.25, -0.2) is 14.6 Å². The summed E-state index contributed by atoms with van der Waals surface area (Å²) in [6, 6.07) is 11.6. The predicted molar refractivity (Wildman–Crippen MR) is 132 cm³/mol. The van der Waals surface area contributed by atoms with Gasteiger partial charge in [0.1, 0.15) is 17.7 Å². The molecule has 34 heavy (non-hydrogen) atoms. The van der Waals surface area contributed by atoms with Crippen LogP contribution in [0.1, 0.15) is 13.2 Å². The molecule has 0 amide bonds. The molecule has 4 aromatic heterocycles. The van der Waals surface area contributed by atoms with Crippen molar-refractivity contribution in [2.75, 3.05) is 23.8 Å². The Kier molecular flexibility index (Phi) is 4.93. The van der Waals surface area contributed by atoms with Crippen molar-refractivity contribution in [1.29, 1.82) is 0 Å². The second-order valence-electron chi connectivity index (χ2n) is 8.07. The van der Waals surface area contributed by atoms with Crippen LogP contribution < -0.4 is 10.6 Å². The Balaban J connectivity index is 1.57. The number of nitrogens with two attached hydrogens (primary N) is 1. The second kappa shape index (κ2) is 8.12. The average molecular weight is 473 g/mol. The minimum absolute atomic E-state index is 0.168. The molecule has 0 fully saturated rings. The molecule has 5 aromatic rings. The summed E-state index contributed by atoms with van der Waals surface area (Å²) < 4.78 is 7.92. The number of H-pyrrole nitrogens is 1. The van der Waals surface area contributed by atoms with Gasteiger partial charge in [-0.05, 0) is 25.1 Å². The van der Waals surface area contributed by atoms with Gasteiger partial charge in [0.2, 0.25) is 5.95 Å². The van der Waals surface area contributed by atoms with Crippen LogP contribution in [0.15, 0.2) is 61.2 Å². The second-order valence-corrected chi connectivity index (χ2v) is 8.48. The lowest BCUT2D eigenvalue weighted by Gasteiger charge is -2.26. The summed E-state index contributed by atoms with van der Waals surface area (Å²) in [6.07, 6.45) is 7.23. The molecule has 5 heterocycles. The molecule has 9 nitrogen and oxygen atoms in total. The highest BCUT2D eigenvalue weighted by Gasteiger charge is 2.20. The number of anilines is 3. The quantitative estimate of drug-likeness (QED) is 0.360. The maximum absolute atomic E-state index is 6.57. The van der Waals surface area contributed by atoms with Gasteiger partial charge in [-0.15, -0.1) is 0 Å². The molecule has 0 saturated heterocycles. The lowest BCUT2D eigenvalue weighted by atomic mass is 10.1. The smallest absolute Gasteiger partial charge is 0.222 e. The van der Waals surface area contributed by atoms with Gasteiger partial charge in [-0.1, -0.05) is 23.7 Å². The molecule has 3 N–H and O–H groups in total. The van der Waals surface area contributed by atoms with Crippen molar-refractivity contribution in [2.45, 2.75) is 13.2 Å². The van der Waals surface area contributed by atoms with Crippen LogP contribution in [0, 0.1) is 0 Å². The predicted octanol–water partition coefficient (Wildman–Crippen LogP) is 4.81. The van der Waals surface area contributed by atoms with Crippen molar-refractivity contribution >= 4 is 40.1 Å². The number of rotatable bonds is 1. The normalized spacial score (nSPS) is 15.9. The fraction of sp³-hybridized carbons (Fsp3) is 0.167. The molecule has 1 unspecified atom stereocenters. The summed E-state index contributed by atoms with van der Waals surface area (Å²) in [4.78, 5) is 18.9. The maximum Gasteiger partial charge on any atom is 0.222 e. The molecule has 0 radical (unpaired) electrons. The van der Waals surface area contributed by atoms with E-state index in [1.54, 1.807) is 4.68 Å². The van der Waals surface area contributed by atoms with Crippen LogP contribution in [-0.4, -0.2) is 42.9 Å². The number of pyridine rings is 1. The molecule has 10 heteroatoms. The first-order chi connectivity index (χ1) is 16.6. The highest BCUT2D eigenvalue weighted by atomic mass is 35.5. The van der Waals surface area contributed by atoms with Crippen LogP contribution in [-0.2, 0) is 4.74 Å². The molecule has 0 saturated carbocycles. The standard InChI is InChI=1S/C24H21ClN8O/c1-14-33-13-16(11-29-33)15-8-17-18(12-28-23(17)27-10-15)20-9-22(31-24(26)30-20)32(6-7-34-14)21-5-3-2-4-19(21)25/h2-5,8-14H,6-7H2,1H3,(H,27,28)(H2,26,30,31).